The van der Waals surface area contributed by atoms with Crippen LogP contribution in [0.3, 0.4) is 0 Å². The zero-order valence-corrected chi connectivity index (χ0v) is 65.0. The Morgan fingerprint density at radius 2 is 0.793 bits per heavy atom. The van der Waals surface area contributed by atoms with E-state index in [9.17, 15) is 48.6 Å². The number of carbonyl (C=O) groups is 11. The highest BCUT2D eigenvalue weighted by Crippen LogP contribution is 2.23. The summed E-state index contributed by atoms with van der Waals surface area (Å²) in [6, 6.07) is 6.08. The molecule has 111 heavy (non-hydrogen) atoms. The molecule has 0 radical (unpaired) electrons. The summed E-state index contributed by atoms with van der Waals surface area (Å²) in [6.45, 7) is 14.5. The van der Waals surface area contributed by atoms with Crippen LogP contribution in [0.2, 0.25) is 0 Å². The van der Waals surface area contributed by atoms with Gasteiger partial charge in [0.1, 0.15) is 66.2 Å². The van der Waals surface area contributed by atoms with Crippen molar-refractivity contribution >= 4 is 98.8 Å². The summed E-state index contributed by atoms with van der Waals surface area (Å²) in [6.07, 6.45) is 5.47. The van der Waals surface area contributed by atoms with E-state index in [4.69, 9.17) is 40.1 Å². The first-order valence-electron chi connectivity index (χ1n) is 38.2. The van der Waals surface area contributed by atoms with Crippen molar-refractivity contribution < 1.29 is 63.0 Å². The van der Waals surface area contributed by atoms with Crippen molar-refractivity contribution in [2.75, 3.05) is 26.2 Å². The number of unbranched alkanes of at least 4 members (excludes halogenated alkanes) is 2. The number of nitrogens with zero attached hydrogens (tertiary/aromatic N) is 2. The zero-order valence-electron chi connectivity index (χ0n) is 65.0. The van der Waals surface area contributed by atoms with Gasteiger partial charge in [-0.15, -0.1) is 0 Å². The third-order valence-corrected chi connectivity index (χ3v) is 19.1. The number of phenolic OH excluding ortho intramolecular Hbond substituents is 1. The minimum atomic E-state index is -1.50. The Bertz CT molecular complexity index is 3940. The number of guanidine groups is 2. The number of carbonyl (C=O) groups excluding carboxylic acids is 10. The minimum Gasteiger partial charge on any atom is -0.508 e. The quantitative estimate of drug-likeness (QED) is 0.0142. The molecular weight excluding hydrogens is 1430 g/mol. The van der Waals surface area contributed by atoms with Gasteiger partial charge in [-0.25, -0.2) is 4.79 Å². The number of carboxylic acid groups (broad SMARTS) is 1. The monoisotopic (exact) mass is 1550 g/mol. The average Bonchev–Trinajstić information content (AvgIpc) is 1.72. The third-order valence-electron chi connectivity index (χ3n) is 19.1. The first-order chi connectivity index (χ1) is 52.7. The molecule has 10 amide bonds. The van der Waals surface area contributed by atoms with E-state index in [1.54, 1.807) is 53.9 Å². The maximum Gasteiger partial charge on any atom is 0.326 e. The van der Waals surface area contributed by atoms with Crippen LogP contribution in [0.25, 0.3) is 21.8 Å². The molecule has 28 N–H and O–H groups in total. The number of aliphatic imine (C=N–C) groups is 2. The number of nitrogens with two attached hydrogens (primary N) is 7. The molecule has 0 aliphatic rings. The highest BCUT2D eigenvalue weighted by molar-refractivity contribution is 6.00. The molecule has 34 heteroatoms. The predicted molar refractivity (Wildman–Crippen MR) is 425 cm³/mol. The summed E-state index contributed by atoms with van der Waals surface area (Å²) >= 11 is 0. The SMILES string of the molecule is CC[C@H](C)[C@H](NC(=O)[C@H](Cc1c[nH]c2ccccc12)NC(=O)[C@@H](NC(=O)[C@H](CC(C)C)NC(=O)[C@@H](N)Cc1c[nH]c2ccccc12)C(C)C)C(=O)N[C@@H](Cc1ccc(O)cc1)C(=O)N[C@H](C(=O)N[C@@H](CCCN=C(N)N)C(=O)N[C@@H](CCCCN)C(=O)N[C@@H](CCCCN)C(=O)N[C@@H](CCCN=C(N)N)C(=O)O)C(C)C. The van der Waals surface area contributed by atoms with Crippen LogP contribution in [0, 0.1) is 23.7 Å². The van der Waals surface area contributed by atoms with Gasteiger partial charge in [0.15, 0.2) is 11.9 Å². The second-order valence-corrected chi connectivity index (χ2v) is 29.3. The number of rotatable bonds is 49. The fourth-order valence-electron chi connectivity index (χ4n) is 12.6. The molecule has 610 valence electrons. The van der Waals surface area contributed by atoms with Crippen LogP contribution >= 0.6 is 0 Å². The number of para-hydroxylation sites is 2. The summed E-state index contributed by atoms with van der Waals surface area (Å²) in [4.78, 5) is 173. The highest BCUT2D eigenvalue weighted by atomic mass is 16.4. The Balaban J connectivity index is 1.42. The van der Waals surface area contributed by atoms with Crippen LogP contribution in [0.1, 0.15) is 149 Å². The molecule has 2 aromatic heterocycles. The number of H-pyrrole nitrogens is 2. The van der Waals surface area contributed by atoms with Gasteiger partial charge in [-0.1, -0.05) is 110 Å². The number of aliphatic carboxylic acids is 1. The number of hydrogen-bond acceptors (Lipinski definition) is 17. The lowest BCUT2D eigenvalue weighted by molar-refractivity contribution is -0.142. The van der Waals surface area contributed by atoms with E-state index in [-0.39, 0.29) is 114 Å². The Labute approximate surface area is 647 Å². The zero-order chi connectivity index (χ0) is 82.0. The molecule has 3 aromatic carbocycles. The largest absolute Gasteiger partial charge is 0.508 e. The molecule has 0 bridgehead atoms. The summed E-state index contributed by atoms with van der Waals surface area (Å²) < 4.78 is 0. The van der Waals surface area contributed by atoms with Crippen molar-refractivity contribution in [2.24, 2.45) is 73.8 Å². The molecule has 0 aliphatic carbocycles. The van der Waals surface area contributed by atoms with Crippen molar-refractivity contribution in [2.45, 2.75) is 218 Å². The van der Waals surface area contributed by atoms with Crippen LogP contribution in [0.4, 0.5) is 0 Å². The molecule has 12 atom stereocenters. The molecular formula is C77H119N21O13. The number of aromatic amines is 2. The number of benzene rings is 3. The van der Waals surface area contributed by atoms with E-state index >= 15 is 14.4 Å². The van der Waals surface area contributed by atoms with E-state index < -0.39 is 149 Å². The van der Waals surface area contributed by atoms with Crippen LogP contribution in [-0.4, -0.2) is 190 Å². The van der Waals surface area contributed by atoms with Crippen LogP contribution in [0.5, 0.6) is 5.75 Å². The van der Waals surface area contributed by atoms with Gasteiger partial charge in [0, 0.05) is 60.1 Å². The molecule has 0 spiro atoms. The second-order valence-electron chi connectivity index (χ2n) is 29.3. The number of aromatic nitrogens is 2. The molecule has 2 heterocycles. The van der Waals surface area contributed by atoms with E-state index in [1.807, 2.05) is 62.4 Å². The lowest BCUT2D eigenvalue weighted by Gasteiger charge is -2.31. The van der Waals surface area contributed by atoms with Gasteiger partial charge < -0.3 is 113 Å². The number of amides is 10. The van der Waals surface area contributed by atoms with Crippen molar-refractivity contribution in [3.05, 3.63) is 102 Å². The fourth-order valence-corrected chi connectivity index (χ4v) is 12.6. The summed E-state index contributed by atoms with van der Waals surface area (Å²) in [5, 5.41) is 49.6. The average molecular weight is 1550 g/mol. The molecule has 0 unspecified atom stereocenters. The Morgan fingerprint density at radius 1 is 0.423 bits per heavy atom. The maximum atomic E-state index is 15.2. The van der Waals surface area contributed by atoms with Gasteiger partial charge in [0.05, 0.1) is 6.04 Å². The number of hydrogen-bond donors (Lipinski definition) is 21. The van der Waals surface area contributed by atoms with Gasteiger partial charge in [-0.3, -0.25) is 57.9 Å². The molecule has 0 saturated heterocycles. The molecule has 5 aromatic rings. The number of carboxylic acids is 1. The van der Waals surface area contributed by atoms with E-state index in [2.05, 4.69) is 73.1 Å². The van der Waals surface area contributed by atoms with Crippen molar-refractivity contribution in [1.82, 2.24) is 63.1 Å². The highest BCUT2D eigenvalue weighted by Gasteiger charge is 2.39. The standard InChI is InChI=1S/C77H119N21O13/c1-9-45(8)64(98-71(106)61(39-48-41-88-54-23-13-11-21-51(48)54)95-73(108)63(44(6)7)96-69(104)59(36-42(2)3)93-65(100)52(80)38-47-40-87-53-22-12-10-20-50(47)53)74(109)94-60(37-46-28-30-49(99)31-29-46)70(105)97-62(43(4)5)72(107)91-57(26-18-34-85-76(81)82)67(102)89-55(24-14-16-32-78)66(101)90-56(25-15-17-33-79)68(103)92-58(75(110)111)27-19-35-86-77(83)84/h10-13,20-23,28-31,40-45,52,55-64,87-88,99H,9,14-19,24-27,32-39,78-80H2,1-8H3,(H,89,102)(H,90,101)(H,91,107)(H,92,103)(H,93,100)(H,94,109)(H,95,108)(H,96,104)(H,97,105)(H,98,106)(H,110,111)(H4,81,82,85)(H4,83,84,86)/t45-,52-,55-,56-,57-,58-,59-,60-,61-,62-,63-,64-/m0/s1. The Kier molecular flexibility index (Phi) is 37.6. The van der Waals surface area contributed by atoms with E-state index in [0.29, 0.717) is 43.2 Å². The third kappa shape index (κ3) is 29.8. The van der Waals surface area contributed by atoms with Crippen LogP contribution < -0.4 is 93.3 Å². The normalized spacial score (nSPS) is 14.6. The molecule has 0 saturated carbocycles. The van der Waals surface area contributed by atoms with Crippen molar-refractivity contribution in [3.8, 4) is 5.75 Å². The number of aromatic hydroxyl groups is 1. The van der Waals surface area contributed by atoms with Crippen LogP contribution in [-0.2, 0) is 72.0 Å². The van der Waals surface area contributed by atoms with Gasteiger partial charge in [0.2, 0.25) is 59.1 Å². The Morgan fingerprint density at radius 3 is 1.23 bits per heavy atom. The summed E-state index contributed by atoms with van der Waals surface area (Å²) in [5.41, 5.74) is 43.7. The van der Waals surface area contributed by atoms with Gasteiger partial charge in [0.25, 0.3) is 0 Å². The van der Waals surface area contributed by atoms with Crippen molar-refractivity contribution in [3.63, 3.8) is 0 Å². The minimum absolute atomic E-state index is 0.0000944. The maximum absolute atomic E-state index is 15.2. The first-order valence-corrected chi connectivity index (χ1v) is 38.2. The topological polar surface area (TPSA) is 587 Å². The lowest BCUT2D eigenvalue weighted by atomic mass is 9.95. The number of nitrogens with one attached hydrogen (secondary N) is 12. The fraction of sp³-hybridized carbons (Fsp3) is 0.545. The van der Waals surface area contributed by atoms with E-state index in [0.717, 1.165) is 27.4 Å². The molecule has 0 aliphatic heterocycles. The number of fused-ring (bicyclic) bond motifs is 2. The van der Waals surface area contributed by atoms with Crippen LogP contribution in [0.15, 0.2) is 95.2 Å². The van der Waals surface area contributed by atoms with Crippen molar-refractivity contribution in [1.29, 1.82) is 0 Å². The Hall–Kier alpha value is -10.9. The van der Waals surface area contributed by atoms with Gasteiger partial charge in [-0.2, -0.15) is 0 Å². The van der Waals surface area contributed by atoms with Gasteiger partial charge >= 0.3 is 5.97 Å². The predicted octanol–water partition coefficient (Wildman–Crippen LogP) is 0.412. The summed E-state index contributed by atoms with van der Waals surface area (Å²) in [7, 11) is 0. The smallest absolute Gasteiger partial charge is 0.326 e. The van der Waals surface area contributed by atoms with Gasteiger partial charge in [-0.05, 0) is 155 Å². The van der Waals surface area contributed by atoms with E-state index in [1.165, 1.54) is 24.3 Å². The first kappa shape index (κ1) is 90.7. The second kappa shape index (κ2) is 46.0. The number of phenols is 1. The molecule has 34 nitrogen and oxygen atoms in total. The lowest BCUT2D eigenvalue weighted by Crippen LogP contribution is -2.62. The molecule has 5 rings (SSSR count). The summed E-state index contributed by atoms with van der Waals surface area (Å²) in [5.74, 6) is -11.8. The molecule has 0 fully saturated rings.